The Hall–Kier alpha value is -0.543. The highest BCUT2D eigenvalue weighted by Gasteiger charge is 2.31. The average Bonchev–Trinajstić information content (AvgIpc) is 2.64. The minimum absolute atomic E-state index is 0.0148. The molecule has 0 spiro atoms. The molecule has 4 heteroatoms. The molecule has 25 heavy (non-hydrogen) atoms. The summed E-state index contributed by atoms with van der Waals surface area (Å²) < 4.78 is 19.3. The van der Waals surface area contributed by atoms with Crippen molar-refractivity contribution in [3.05, 3.63) is 29.0 Å². The van der Waals surface area contributed by atoms with Crippen LogP contribution in [0.3, 0.4) is 0 Å². The van der Waals surface area contributed by atoms with Gasteiger partial charge < -0.3 is 4.74 Å². The smallest absolute Gasteiger partial charge is 0.145 e. The fourth-order valence-electron chi connectivity index (χ4n) is 4.73. The van der Waals surface area contributed by atoms with Gasteiger partial charge in [0.05, 0.1) is 11.6 Å². The largest absolute Gasteiger partial charge is 0.493 e. The first-order chi connectivity index (χ1) is 12.2. The first-order valence-electron chi connectivity index (χ1n) is 10.1. The van der Waals surface area contributed by atoms with E-state index in [2.05, 4.69) is 6.92 Å². The molecular formula is C21H31ClFOSi. The predicted octanol–water partition coefficient (Wildman–Crippen LogP) is 6.98. The van der Waals surface area contributed by atoms with Crippen LogP contribution in [0.2, 0.25) is 23.2 Å². The second kappa shape index (κ2) is 9.41. The fraction of sp³-hybridized carbons (Fsp3) is 0.714. The standard InChI is InChI=1S/C21H31ClFOSi/c1-2-11-25-12-9-18(10-13-25)17-5-3-16(4-6-17)15-24-19-7-8-20(22)21(23)14-19/h7-8,14,16-18H,2-6,9-13,15H2,1H3. The molecule has 1 saturated carbocycles. The number of halogens is 2. The van der Waals surface area contributed by atoms with Crippen molar-refractivity contribution in [1.29, 1.82) is 0 Å². The summed E-state index contributed by atoms with van der Waals surface area (Å²) >= 11 is 5.72. The molecule has 1 aliphatic heterocycles. The van der Waals surface area contributed by atoms with Crippen LogP contribution < -0.4 is 4.74 Å². The average molecular weight is 382 g/mol. The van der Waals surface area contributed by atoms with Gasteiger partial charge in [-0.15, -0.1) is 0 Å². The monoisotopic (exact) mass is 381 g/mol. The van der Waals surface area contributed by atoms with Crippen LogP contribution in [0.25, 0.3) is 0 Å². The Labute approximate surface area is 158 Å². The van der Waals surface area contributed by atoms with Crippen LogP contribution in [0.4, 0.5) is 4.39 Å². The molecule has 1 heterocycles. The summed E-state index contributed by atoms with van der Waals surface area (Å²) in [6.45, 7) is 3.05. The Morgan fingerprint density at radius 1 is 1.08 bits per heavy atom. The Kier molecular flexibility index (Phi) is 7.24. The molecule has 1 aliphatic carbocycles. The number of benzene rings is 1. The molecule has 0 unspecified atom stereocenters. The van der Waals surface area contributed by atoms with Crippen molar-refractivity contribution in [2.24, 2.45) is 17.8 Å². The Morgan fingerprint density at radius 2 is 1.76 bits per heavy atom. The van der Waals surface area contributed by atoms with Crippen molar-refractivity contribution >= 4 is 20.4 Å². The van der Waals surface area contributed by atoms with Gasteiger partial charge in [-0.2, -0.15) is 0 Å². The molecule has 1 saturated heterocycles. The molecule has 1 aromatic carbocycles. The summed E-state index contributed by atoms with van der Waals surface area (Å²) in [5, 5.41) is 0.156. The lowest BCUT2D eigenvalue weighted by Crippen LogP contribution is -2.29. The maximum Gasteiger partial charge on any atom is 0.145 e. The molecule has 0 atom stereocenters. The van der Waals surface area contributed by atoms with E-state index in [-0.39, 0.29) is 13.8 Å². The molecule has 2 aliphatic rings. The molecule has 1 nitrogen and oxygen atoms in total. The minimum Gasteiger partial charge on any atom is -0.493 e. The second-order valence-corrected chi connectivity index (χ2v) is 11.4. The Morgan fingerprint density at radius 3 is 2.40 bits per heavy atom. The zero-order valence-electron chi connectivity index (χ0n) is 15.4. The van der Waals surface area contributed by atoms with Crippen molar-refractivity contribution in [1.82, 2.24) is 0 Å². The highest BCUT2D eigenvalue weighted by molar-refractivity contribution is 6.58. The van der Waals surface area contributed by atoms with Gasteiger partial charge in [-0.1, -0.05) is 55.9 Å². The fourth-order valence-corrected chi connectivity index (χ4v) is 7.86. The van der Waals surface area contributed by atoms with E-state index < -0.39 is 5.82 Å². The maximum absolute atomic E-state index is 13.5. The normalized spacial score (nSPS) is 25.9. The van der Waals surface area contributed by atoms with Crippen molar-refractivity contribution in [2.75, 3.05) is 6.61 Å². The van der Waals surface area contributed by atoms with E-state index in [1.807, 2.05) is 0 Å². The Balaban J connectivity index is 1.38. The molecular weight excluding hydrogens is 351 g/mol. The third-order valence-electron chi connectivity index (χ3n) is 6.28. The van der Waals surface area contributed by atoms with Crippen LogP contribution in [-0.4, -0.2) is 15.4 Å². The van der Waals surface area contributed by atoms with E-state index in [4.69, 9.17) is 16.3 Å². The minimum atomic E-state index is -0.399. The lowest BCUT2D eigenvalue weighted by molar-refractivity contribution is 0.148. The Bertz CT molecular complexity index is 537. The highest BCUT2D eigenvalue weighted by Crippen LogP contribution is 2.41. The summed E-state index contributed by atoms with van der Waals surface area (Å²) in [6.07, 6.45) is 9.66. The third-order valence-corrected chi connectivity index (χ3v) is 9.78. The molecule has 0 bridgehead atoms. The summed E-state index contributed by atoms with van der Waals surface area (Å²) in [7, 11) is 0.0148. The van der Waals surface area contributed by atoms with E-state index in [0.717, 1.165) is 11.8 Å². The summed E-state index contributed by atoms with van der Waals surface area (Å²) in [5.74, 6) is 2.77. The summed E-state index contributed by atoms with van der Waals surface area (Å²) in [6, 6.07) is 9.39. The van der Waals surface area contributed by atoms with Crippen molar-refractivity contribution in [2.45, 2.75) is 70.0 Å². The lowest BCUT2D eigenvalue weighted by atomic mass is 9.74. The number of ether oxygens (including phenoxy) is 1. The summed E-state index contributed by atoms with van der Waals surface area (Å²) in [5.41, 5.74) is 0. The molecule has 1 radical (unpaired) electrons. The number of rotatable bonds is 6. The topological polar surface area (TPSA) is 9.23 Å². The van der Waals surface area contributed by atoms with Crippen LogP contribution in [-0.2, 0) is 0 Å². The van der Waals surface area contributed by atoms with Gasteiger partial charge in [0.1, 0.15) is 11.6 Å². The predicted molar refractivity (Wildman–Crippen MR) is 106 cm³/mol. The van der Waals surface area contributed by atoms with Gasteiger partial charge in [-0.25, -0.2) is 4.39 Å². The van der Waals surface area contributed by atoms with Crippen LogP contribution in [0.15, 0.2) is 18.2 Å². The van der Waals surface area contributed by atoms with Gasteiger partial charge in [0.25, 0.3) is 0 Å². The molecule has 3 rings (SSSR count). The quantitative estimate of drug-likeness (QED) is 0.483. The van der Waals surface area contributed by atoms with Gasteiger partial charge in [0.2, 0.25) is 0 Å². The number of hydrogen-bond acceptors (Lipinski definition) is 1. The van der Waals surface area contributed by atoms with Crippen molar-refractivity contribution in [3.63, 3.8) is 0 Å². The van der Waals surface area contributed by atoms with Gasteiger partial charge in [-0.3, -0.25) is 0 Å². The van der Waals surface area contributed by atoms with Crippen LogP contribution in [0.5, 0.6) is 5.75 Å². The van der Waals surface area contributed by atoms with E-state index in [1.54, 1.807) is 24.2 Å². The zero-order chi connectivity index (χ0) is 17.6. The molecule has 0 aromatic heterocycles. The zero-order valence-corrected chi connectivity index (χ0v) is 17.2. The molecule has 1 aromatic rings. The maximum atomic E-state index is 13.5. The van der Waals surface area contributed by atoms with E-state index >= 15 is 0 Å². The molecule has 0 amide bonds. The molecule has 2 fully saturated rings. The van der Waals surface area contributed by atoms with E-state index in [0.29, 0.717) is 18.3 Å². The first-order valence-corrected chi connectivity index (χ1v) is 12.6. The van der Waals surface area contributed by atoms with Gasteiger partial charge in [0, 0.05) is 14.9 Å². The third kappa shape index (κ3) is 5.46. The van der Waals surface area contributed by atoms with Crippen LogP contribution in [0, 0.1) is 23.6 Å². The van der Waals surface area contributed by atoms with E-state index in [9.17, 15) is 4.39 Å². The van der Waals surface area contributed by atoms with Crippen LogP contribution >= 0.6 is 11.6 Å². The molecule has 0 N–H and O–H groups in total. The highest BCUT2D eigenvalue weighted by atomic mass is 35.5. The van der Waals surface area contributed by atoms with Gasteiger partial charge >= 0.3 is 0 Å². The summed E-state index contributed by atoms with van der Waals surface area (Å²) in [4.78, 5) is 0. The second-order valence-electron chi connectivity index (χ2n) is 8.01. The SMILES string of the molecule is CCC[Si]1CCC(C2CCC(COc3ccc(Cl)c(F)c3)CC2)CC1. The van der Waals surface area contributed by atoms with Crippen molar-refractivity contribution in [3.8, 4) is 5.75 Å². The molecule has 139 valence electrons. The van der Waals surface area contributed by atoms with Crippen LogP contribution in [0.1, 0.15) is 51.9 Å². The van der Waals surface area contributed by atoms with Crippen molar-refractivity contribution < 1.29 is 9.13 Å². The van der Waals surface area contributed by atoms with E-state index in [1.165, 1.54) is 57.1 Å². The van der Waals surface area contributed by atoms with Gasteiger partial charge in [-0.05, 0) is 55.6 Å². The number of hydrogen-bond donors (Lipinski definition) is 0. The first kappa shape index (κ1) is 19.2. The van der Waals surface area contributed by atoms with Gasteiger partial charge in [0.15, 0.2) is 0 Å². The lowest BCUT2D eigenvalue weighted by Gasteiger charge is -2.37.